The number of fused-ring (bicyclic) bond motifs is 2. The van der Waals surface area contributed by atoms with E-state index in [4.69, 9.17) is 0 Å². The smallest absolute Gasteiger partial charge is 0.137 e. The maximum atomic E-state index is 4.66. The van der Waals surface area contributed by atoms with Gasteiger partial charge in [-0.15, -0.1) is 0 Å². The standard InChI is InChI=1S/C23H25N5/c1-2-6-18(7-3-1)23-14-27-10-11-28(15-23)13-17(12-27)21(23)26-22-19-8-4-5-9-20(19)24-16-25-22/h1-9,16-17,21H,10-15H2,(H,24,25,26). The van der Waals surface area contributed by atoms with Crippen molar-refractivity contribution >= 4 is 16.7 Å². The van der Waals surface area contributed by atoms with Crippen molar-refractivity contribution in [2.75, 3.05) is 44.6 Å². The first-order valence-corrected chi connectivity index (χ1v) is 10.3. The van der Waals surface area contributed by atoms with Gasteiger partial charge in [0.2, 0.25) is 0 Å². The third-order valence-electron chi connectivity index (χ3n) is 6.98. The van der Waals surface area contributed by atoms with Crippen LogP contribution in [0.2, 0.25) is 0 Å². The monoisotopic (exact) mass is 371 g/mol. The van der Waals surface area contributed by atoms with E-state index in [1.807, 2.05) is 6.07 Å². The summed E-state index contributed by atoms with van der Waals surface area (Å²) < 4.78 is 0. The molecule has 3 atom stereocenters. The van der Waals surface area contributed by atoms with Crippen LogP contribution in [0.1, 0.15) is 5.56 Å². The second kappa shape index (κ2) is 6.26. The summed E-state index contributed by atoms with van der Waals surface area (Å²) in [4.78, 5) is 14.5. The fourth-order valence-electron chi connectivity index (χ4n) is 5.84. The molecule has 5 nitrogen and oxygen atoms in total. The molecular weight excluding hydrogens is 346 g/mol. The van der Waals surface area contributed by atoms with Crippen molar-refractivity contribution in [3.05, 3.63) is 66.5 Å². The SMILES string of the molecule is c1ccc(C23CN4CCN(CC(C4)C2Nc2ncnc4ccccc24)C3)cc1. The van der Waals surface area contributed by atoms with E-state index in [1.165, 1.54) is 31.7 Å². The van der Waals surface area contributed by atoms with Gasteiger partial charge in [-0.05, 0) is 17.7 Å². The molecule has 142 valence electrons. The van der Waals surface area contributed by atoms with Crippen LogP contribution in [0.15, 0.2) is 60.9 Å². The molecule has 3 aromatic rings. The minimum atomic E-state index is 0.0883. The molecule has 3 unspecified atom stereocenters. The van der Waals surface area contributed by atoms with Gasteiger partial charge in [-0.3, -0.25) is 0 Å². The lowest BCUT2D eigenvalue weighted by atomic mass is 9.64. The van der Waals surface area contributed by atoms with Crippen LogP contribution in [0.4, 0.5) is 5.82 Å². The van der Waals surface area contributed by atoms with Crippen molar-refractivity contribution in [2.45, 2.75) is 11.5 Å². The molecule has 4 aliphatic heterocycles. The molecule has 7 rings (SSSR count). The Bertz CT molecular complexity index is 983. The number of anilines is 1. The average Bonchev–Trinajstić information content (AvgIpc) is 2.99. The topological polar surface area (TPSA) is 44.3 Å². The summed E-state index contributed by atoms with van der Waals surface area (Å²) in [6.07, 6.45) is 1.69. The van der Waals surface area contributed by atoms with E-state index in [0.717, 1.165) is 29.8 Å². The second-order valence-electron chi connectivity index (χ2n) is 8.61. The molecule has 0 saturated carbocycles. The highest BCUT2D eigenvalue weighted by Gasteiger charge is 2.55. The van der Waals surface area contributed by atoms with Crippen LogP contribution < -0.4 is 5.32 Å². The van der Waals surface area contributed by atoms with Gasteiger partial charge in [0.1, 0.15) is 12.1 Å². The number of rotatable bonds is 3. The number of hydrogen-bond acceptors (Lipinski definition) is 5. The molecule has 0 spiro atoms. The van der Waals surface area contributed by atoms with E-state index >= 15 is 0 Å². The van der Waals surface area contributed by atoms with Crippen LogP contribution in [0, 0.1) is 5.92 Å². The van der Waals surface area contributed by atoms with Gasteiger partial charge in [0, 0.05) is 62.0 Å². The molecule has 0 aliphatic carbocycles. The van der Waals surface area contributed by atoms with Crippen molar-refractivity contribution in [3.63, 3.8) is 0 Å². The molecular formula is C23H25N5. The summed E-state index contributed by atoms with van der Waals surface area (Å²) in [5.41, 5.74) is 2.54. The Morgan fingerprint density at radius 1 is 0.857 bits per heavy atom. The summed E-state index contributed by atoms with van der Waals surface area (Å²) >= 11 is 0. The Labute approximate surface area is 165 Å². The number of nitrogens with zero attached hydrogens (tertiary/aromatic N) is 4. The fourth-order valence-corrected chi connectivity index (χ4v) is 5.84. The second-order valence-corrected chi connectivity index (χ2v) is 8.61. The molecule has 1 aromatic heterocycles. The number of nitrogens with one attached hydrogen (secondary N) is 1. The van der Waals surface area contributed by atoms with E-state index in [1.54, 1.807) is 6.33 Å². The molecule has 2 aromatic carbocycles. The van der Waals surface area contributed by atoms with Crippen LogP contribution in [0.3, 0.4) is 0 Å². The van der Waals surface area contributed by atoms with E-state index in [0.29, 0.717) is 12.0 Å². The first-order valence-electron chi connectivity index (χ1n) is 10.3. The molecule has 28 heavy (non-hydrogen) atoms. The van der Waals surface area contributed by atoms with E-state index in [9.17, 15) is 0 Å². The summed E-state index contributed by atoms with van der Waals surface area (Å²) in [6, 6.07) is 19.8. The number of para-hydroxylation sites is 1. The van der Waals surface area contributed by atoms with Crippen molar-refractivity contribution < 1.29 is 0 Å². The highest BCUT2D eigenvalue weighted by molar-refractivity contribution is 5.88. The Kier molecular flexibility index (Phi) is 3.68. The van der Waals surface area contributed by atoms with Gasteiger partial charge in [-0.2, -0.15) is 0 Å². The van der Waals surface area contributed by atoms with Gasteiger partial charge in [-0.25, -0.2) is 9.97 Å². The van der Waals surface area contributed by atoms with Crippen molar-refractivity contribution in [1.29, 1.82) is 0 Å². The molecule has 1 N–H and O–H groups in total. The molecule has 4 bridgehead atoms. The van der Waals surface area contributed by atoms with E-state index in [2.05, 4.69) is 73.6 Å². The zero-order valence-electron chi connectivity index (χ0n) is 16.0. The molecule has 5 heteroatoms. The molecule has 0 radical (unpaired) electrons. The normalized spacial score (nSPS) is 33.7. The first-order chi connectivity index (χ1) is 13.8. The minimum Gasteiger partial charge on any atom is -0.365 e. The highest BCUT2D eigenvalue weighted by atomic mass is 15.3. The molecule has 5 heterocycles. The predicted octanol–water partition coefficient (Wildman–Crippen LogP) is 2.61. The highest BCUT2D eigenvalue weighted by Crippen LogP contribution is 2.44. The Hall–Kier alpha value is -2.50. The van der Waals surface area contributed by atoms with Crippen molar-refractivity contribution in [1.82, 2.24) is 19.8 Å². The fraction of sp³-hybridized carbons (Fsp3) is 0.391. The lowest BCUT2D eigenvalue weighted by Crippen LogP contribution is -2.68. The minimum absolute atomic E-state index is 0.0883. The van der Waals surface area contributed by atoms with Crippen molar-refractivity contribution in [3.8, 4) is 0 Å². The quantitative estimate of drug-likeness (QED) is 0.767. The average molecular weight is 371 g/mol. The van der Waals surface area contributed by atoms with Crippen LogP contribution in [-0.2, 0) is 5.41 Å². The van der Waals surface area contributed by atoms with E-state index in [-0.39, 0.29) is 5.41 Å². The summed E-state index contributed by atoms with van der Waals surface area (Å²) in [6.45, 7) is 6.95. The Morgan fingerprint density at radius 3 is 2.36 bits per heavy atom. The molecule has 4 saturated heterocycles. The third kappa shape index (κ3) is 2.46. The van der Waals surface area contributed by atoms with Crippen LogP contribution in [-0.4, -0.2) is 65.1 Å². The zero-order chi connectivity index (χ0) is 18.6. The summed E-state index contributed by atoms with van der Waals surface area (Å²) in [5.74, 6) is 1.57. The summed E-state index contributed by atoms with van der Waals surface area (Å²) in [5, 5.41) is 5.04. The Morgan fingerprint density at radius 2 is 1.57 bits per heavy atom. The maximum absolute atomic E-state index is 4.66. The van der Waals surface area contributed by atoms with Gasteiger partial charge in [0.25, 0.3) is 0 Å². The predicted molar refractivity (Wildman–Crippen MR) is 111 cm³/mol. The molecule has 0 amide bonds. The van der Waals surface area contributed by atoms with Crippen molar-refractivity contribution in [2.24, 2.45) is 5.92 Å². The van der Waals surface area contributed by atoms with Crippen LogP contribution >= 0.6 is 0 Å². The summed E-state index contributed by atoms with van der Waals surface area (Å²) in [7, 11) is 0. The largest absolute Gasteiger partial charge is 0.365 e. The van der Waals surface area contributed by atoms with Gasteiger partial charge in [0.05, 0.1) is 5.52 Å². The lowest BCUT2D eigenvalue weighted by Gasteiger charge is -2.56. The zero-order valence-corrected chi connectivity index (χ0v) is 16.0. The van der Waals surface area contributed by atoms with Gasteiger partial charge in [-0.1, -0.05) is 42.5 Å². The first kappa shape index (κ1) is 16.5. The molecule has 4 aliphatic rings. The van der Waals surface area contributed by atoms with Crippen LogP contribution in [0.5, 0.6) is 0 Å². The lowest BCUT2D eigenvalue weighted by molar-refractivity contribution is 0.0438. The number of aromatic nitrogens is 2. The molecule has 4 fully saturated rings. The maximum Gasteiger partial charge on any atom is 0.137 e. The number of piperidine rings is 2. The third-order valence-corrected chi connectivity index (χ3v) is 6.98. The van der Waals surface area contributed by atoms with E-state index < -0.39 is 0 Å². The van der Waals surface area contributed by atoms with Gasteiger partial charge < -0.3 is 15.1 Å². The Balaban J connectivity index is 1.47. The van der Waals surface area contributed by atoms with Crippen LogP contribution in [0.25, 0.3) is 10.9 Å². The number of hydrogen-bond donors (Lipinski definition) is 1. The van der Waals surface area contributed by atoms with Gasteiger partial charge >= 0.3 is 0 Å². The van der Waals surface area contributed by atoms with Gasteiger partial charge in [0.15, 0.2) is 0 Å². The number of benzene rings is 2.